The smallest absolute Gasteiger partial charge is 0.218 e. The van der Waals surface area contributed by atoms with Crippen LogP contribution in [-0.4, -0.2) is 11.7 Å². The Morgan fingerprint density at radius 2 is 2.21 bits per heavy atom. The van der Waals surface area contributed by atoms with Gasteiger partial charge in [-0.2, -0.15) is 0 Å². The first kappa shape index (κ1) is 10.9. The molecule has 0 heterocycles. The molecule has 0 unspecified atom stereocenters. The van der Waals surface area contributed by atoms with Gasteiger partial charge in [-0.25, -0.2) is 0 Å². The average molecular weight is 210 g/mol. The van der Waals surface area contributed by atoms with E-state index in [1.54, 1.807) is 11.8 Å². The molecule has 0 fully saturated rings. The van der Waals surface area contributed by atoms with E-state index in [1.807, 2.05) is 25.1 Å². The van der Waals surface area contributed by atoms with Crippen molar-refractivity contribution in [3.8, 4) is 0 Å². The first-order chi connectivity index (χ1) is 6.59. The Labute approximate surface area is 87.9 Å². The van der Waals surface area contributed by atoms with Crippen LogP contribution < -0.4 is 11.5 Å². The summed E-state index contributed by atoms with van der Waals surface area (Å²) in [5.74, 6) is 0.443. The van der Waals surface area contributed by atoms with Crippen LogP contribution in [0.5, 0.6) is 0 Å². The van der Waals surface area contributed by atoms with Gasteiger partial charge in [-0.15, -0.1) is 11.8 Å². The summed E-state index contributed by atoms with van der Waals surface area (Å²) in [4.78, 5) is 11.6. The second-order valence-corrected chi connectivity index (χ2v) is 4.23. The van der Waals surface area contributed by atoms with Gasteiger partial charge in [0, 0.05) is 22.8 Å². The summed E-state index contributed by atoms with van der Waals surface area (Å²) >= 11 is 1.61. The molecule has 0 aliphatic heterocycles. The van der Waals surface area contributed by atoms with E-state index >= 15 is 0 Å². The van der Waals surface area contributed by atoms with E-state index in [9.17, 15) is 4.79 Å². The average Bonchev–Trinajstić information content (AvgIpc) is 2.10. The molecule has 1 aromatic rings. The summed E-state index contributed by atoms with van der Waals surface area (Å²) in [5, 5.41) is 0. The number of hydrogen-bond acceptors (Lipinski definition) is 3. The molecule has 0 aromatic heterocycles. The fraction of sp³-hybridized carbons (Fsp3) is 0.300. The van der Waals surface area contributed by atoms with E-state index < -0.39 is 0 Å². The number of carbonyl (C=O) groups excluding carboxylic acids is 1. The molecule has 1 rings (SSSR count). The molecular weight excluding hydrogens is 196 g/mol. The largest absolute Gasteiger partial charge is 0.399 e. The summed E-state index contributed by atoms with van der Waals surface area (Å²) in [6.07, 6.45) is 0.402. The van der Waals surface area contributed by atoms with Crippen molar-refractivity contribution in [2.75, 3.05) is 11.5 Å². The molecule has 0 atom stereocenters. The Morgan fingerprint density at radius 1 is 1.50 bits per heavy atom. The van der Waals surface area contributed by atoms with Gasteiger partial charge in [0.25, 0.3) is 0 Å². The Balaban J connectivity index is 2.57. The van der Waals surface area contributed by atoms with E-state index in [0.717, 1.165) is 10.6 Å². The number of aryl methyl sites for hydroxylation is 1. The quantitative estimate of drug-likeness (QED) is 0.585. The third-order valence-corrected chi connectivity index (χ3v) is 2.98. The fourth-order valence-corrected chi connectivity index (χ4v) is 2.07. The molecule has 0 saturated carbocycles. The monoisotopic (exact) mass is 210 g/mol. The summed E-state index contributed by atoms with van der Waals surface area (Å²) in [5.41, 5.74) is 12.6. The molecular formula is C10H14N2OS. The van der Waals surface area contributed by atoms with Gasteiger partial charge in [-0.3, -0.25) is 4.79 Å². The molecule has 1 amide bonds. The first-order valence-corrected chi connectivity index (χ1v) is 5.35. The third-order valence-electron chi connectivity index (χ3n) is 1.82. The van der Waals surface area contributed by atoms with Gasteiger partial charge in [-0.05, 0) is 24.6 Å². The maximum atomic E-state index is 10.5. The van der Waals surface area contributed by atoms with Crippen LogP contribution in [0.2, 0.25) is 0 Å². The first-order valence-electron chi connectivity index (χ1n) is 4.37. The second-order valence-electron chi connectivity index (χ2n) is 3.09. The van der Waals surface area contributed by atoms with Gasteiger partial charge in [0.1, 0.15) is 0 Å². The minimum absolute atomic E-state index is 0.265. The van der Waals surface area contributed by atoms with Crippen molar-refractivity contribution in [3.63, 3.8) is 0 Å². The number of amides is 1. The lowest BCUT2D eigenvalue weighted by atomic mass is 10.2. The maximum absolute atomic E-state index is 10.5. The van der Waals surface area contributed by atoms with E-state index in [-0.39, 0.29) is 5.91 Å². The highest BCUT2D eigenvalue weighted by molar-refractivity contribution is 7.99. The molecule has 0 aliphatic rings. The van der Waals surface area contributed by atoms with Crippen LogP contribution in [0.3, 0.4) is 0 Å². The third kappa shape index (κ3) is 3.30. The van der Waals surface area contributed by atoms with Gasteiger partial charge in [-0.1, -0.05) is 6.07 Å². The summed E-state index contributed by atoms with van der Waals surface area (Å²) in [7, 11) is 0. The summed E-state index contributed by atoms with van der Waals surface area (Å²) < 4.78 is 0. The van der Waals surface area contributed by atoms with Crippen molar-refractivity contribution in [2.45, 2.75) is 18.2 Å². The second kappa shape index (κ2) is 4.91. The number of benzene rings is 1. The Hall–Kier alpha value is -1.16. The lowest BCUT2D eigenvalue weighted by molar-refractivity contribution is -0.117. The lowest BCUT2D eigenvalue weighted by Crippen LogP contribution is -2.10. The van der Waals surface area contributed by atoms with Crippen LogP contribution in [0.4, 0.5) is 5.69 Å². The number of primary amides is 1. The topological polar surface area (TPSA) is 69.1 Å². The molecule has 14 heavy (non-hydrogen) atoms. The van der Waals surface area contributed by atoms with Crippen LogP contribution in [0.15, 0.2) is 23.1 Å². The molecule has 4 N–H and O–H groups in total. The van der Waals surface area contributed by atoms with Gasteiger partial charge >= 0.3 is 0 Å². The zero-order chi connectivity index (χ0) is 10.6. The number of carbonyl (C=O) groups is 1. The van der Waals surface area contributed by atoms with Crippen molar-refractivity contribution in [2.24, 2.45) is 5.73 Å². The molecule has 0 radical (unpaired) electrons. The number of hydrogen-bond donors (Lipinski definition) is 2. The number of nitrogens with two attached hydrogens (primary N) is 2. The van der Waals surface area contributed by atoms with E-state index in [0.29, 0.717) is 12.2 Å². The number of thioether (sulfide) groups is 1. The van der Waals surface area contributed by atoms with Crippen LogP contribution >= 0.6 is 11.8 Å². The van der Waals surface area contributed by atoms with E-state index in [1.165, 1.54) is 5.56 Å². The molecule has 3 nitrogen and oxygen atoms in total. The molecule has 0 spiro atoms. The number of anilines is 1. The van der Waals surface area contributed by atoms with Gasteiger partial charge in [0.2, 0.25) is 5.91 Å². The van der Waals surface area contributed by atoms with Crippen molar-refractivity contribution < 1.29 is 4.79 Å². The van der Waals surface area contributed by atoms with Crippen molar-refractivity contribution in [1.82, 2.24) is 0 Å². The molecule has 1 aromatic carbocycles. The SMILES string of the molecule is Cc1ccc(N)cc1SCCC(N)=O. The lowest BCUT2D eigenvalue weighted by Gasteiger charge is -2.05. The van der Waals surface area contributed by atoms with E-state index in [4.69, 9.17) is 11.5 Å². The zero-order valence-electron chi connectivity index (χ0n) is 8.12. The van der Waals surface area contributed by atoms with Crippen molar-refractivity contribution >= 4 is 23.4 Å². The Bertz CT molecular complexity index is 339. The van der Waals surface area contributed by atoms with E-state index in [2.05, 4.69) is 0 Å². The van der Waals surface area contributed by atoms with Crippen molar-refractivity contribution in [1.29, 1.82) is 0 Å². The highest BCUT2D eigenvalue weighted by Crippen LogP contribution is 2.24. The molecule has 0 saturated heterocycles. The summed E-state index contributed by atoms with van der Waals surface area (Å²) in [6, 6.07) is 5.76. The minimum atomic E-state index is -0.265. The standard InChI is InChI=1S/C10H14N2OS/c1-7-2-3-8(11)6-9(7)14-5-4-10(12)13/h2-3,6H,4-5,11H2,1H3,(H2,12,13). The van der Waals surface area contributed by atoms with Gasteiger partial charge in [0.05, 0.1) is 0 Å². The summed E-state index contributed by atoms with van der Waals surface area (Å²) in [6.45, 7) is 2.02. The normalized spacial score (nSPS) is 10.1. The predicted molar refractivity (Wildman–Crippen MR) is 60.1 cm³/mol. The highest BCUT2D eigenvalue weighted by atomic mass is 32.2. The Morgan fingerprint density at radius 3 is 2.86 bits per heavy atom. The minimum Gasteiger partial charge on any atom is -0.399 e. The maximum Gasteiger partial charge on any atom is 0.218 e. The molecule has 0 bridgehead atoms. The van der Waals surface area contributed by atoms with Crippen LogP contribution in [-0.2, 0) is 4.79 Å². The van der Waals surface area contributed by atoms with Crippen LogP contribution in [0.25, 0.3) is 0 Å². The van der Waals surface area contributed by atoms with Crippen LogP contribution in [0, 0.1) is 6.92 Å². The Kier molecular flexibility index (Phi) is 3.83. The van der Waals surface area contributed by atoms with Crippen LogP contribution in [0.1, 0.15) is 12.0 Å². The fourth-order valence-electron chi connectivity index (χ4n) is 1.03. The van der Waals surface area contributed by atoms with Gasteiger partial charge < -0.3 is 11.5 Å². The number of rotatable bonds is 4. The zero-order valence-corrected chi connectivity index (χ0v) is 8.93. The van der Waals surface area contributed by atoms with Crippen molar-refractivity contribution in [3.05, 3.63) is 23.8 Å². The number of nitrogen functional groups attached to an aromatic ring is 1. The molecule has 0 aliphatic carbocycles. The molecule has 4 heteroatoms. The predicted octanol–water partition coefficient (Wildman–Crippen LogP) is 1.54. The van der Waals surface area contributed by atoms with Gasteiger partial charge in [0.15, 0.2) is 0 Å². The highest BCUT2D eigenvalue weighted by Gasteiger charge is 2.01. The molecule has 76 valence electrons.